The zero-order valence-electron chi connectivity index (χ0n) is 20.4. The molecule has 1 atom stereocenters. The summed E-state index contributed by atoms with van der Waals surface area (Å²) in [6, 6.07) is 23.9. The van der Waals surface area contributed by atoms with E-state index in [2.05, 4.69) is 58.0 Å². The number of aromatic amines is 1. The molecule has 0 saturated carbocycles. The van der Waals surface area contributed by atoms with Crippen molar-refractivity contribution in [1.82, 2.24) is 20.2 Å². The number of benzene rings is 3. The molecule has 3 aromatic carbocycles. The van der Waals surface area contributed by atoms with Crippen LogP contribution >= 0.6 is 11.6 Å². The van der Waals surface area contributed by atoms with Gasteiger partial charge in [0, 0.05) is 46.2 Å². The Morgan fingerprint density at radius 1 is 0.973 bits per heavy atom. The second kappa shape index (κ2) is 9.71. The van der Waals surface area contributed by atoms with Gasteiger partial charge in [0.15, 0.2) is 0 Å². The van der Waals surface area contributed by atoms with Crippen molar-refractivity contribution >= 4 is 28.2 Å². The average Bonchev–Trinajstić information content (AvgIpc) is 3.59. The Hall–Kier alpha value is -4.16. The predicted molar refractivity (Wildman–Crippen MR) is 150 cm³/mol. The predicted octanol–water partition coefficient (Wildman–Crippen LogP) is 6.56. The standard InChI is InChI=1S/C30H26ClN5O/c1-2-14-36-18-22(17-32-36)19-8-10-20(11-9-19)26-16-27(35-34-26)29-28(21-6-4-3-5-7-21)24-15-23(31)12-13-25(24)33-30(29)37/h3-13,15,17-18,26,34H,2,14,16H2,1H3,(H,33,37). The minimum Gasteiger partial charge on any atom is -0.321 e. The second-order valence-electron chi connectivity index (χ2n) is 9.32. The summed E-state index contributed by atoms with van der Waals surface area (Å²) in [5, 5.41) is 10.6. The van der Waals surface area contributed by atoms with Crippen LogP contribution in [0.15, 0.2) is 95.1 Å². The molecule has 1 aliphatic heterocycles. The maximum atomic E-state index is 13.4. The molecule has 2 aromatic heterocycles. The number of halogens is 1. The molecular formula is C30H26ClN5O. The van der Waals surface area contributed by atoms with E-state index >= 15 is 0 Å². The molecule has 5 aromatic rings. The number of rotatable bonds is 6. The van der Waals surface area contributed by atoms with Crippen LogP contribution in [0, 0.1) is 0 Å². The second-order valence-corrected chi connectivity index (χ2v) is 9.75. The van der Waals surface area contributed by atoms with Gasteiger partial charge >= 0.3 is 0 Å². The molecule has 0 radical (unpaired) electrons. The topological polar surface area (TPSA) is 75.1 Å². The van der Waals surface area contributed by atoms with Gasteiger partial charge in [-0.15, -0.1) is 0 Å². The summed E-state index contributed by atoms with van der Waals surface area (Å²) in [6.45, 7) is 3.06. The molecule has 1 aliphatic rings. The Kier molecular flexibility index (Phi) is 6.10. The third-order valence-corrected chi connectivity index (χ3v) is 7.05. The number of aromatic nitrogens is 3. The monoisotopic (exact) mass is 507 g/mol. The number of nitrogens with zero attached hydrogens (tertiary/aromatic N) is 3. The smallest absolute Gasteiger partial charge is 0.258 e. The summed E-state index contributed by atoms with van der Waals surface area (Å²) in [5.74, 6) is 0. The fourth-order valence-corrected chi connectivity index (χ4v) is 5.18. The lowest BCUT2D eigenvalue weighted by atomic mass is 9.91. The summed E-state index contributed by atoms with van der Waals surface area (Å²) >= 11 is 6.37. The highest BCUT2D eigenvalue weighted by Crippen LogP contribution is 2.34. The first kappa shape index (κ1) is 23.3. The van der Waals surface area contributed by atoms with Gasteiger partial charge in [-0.05, 0) is 41.3 Å². The Morgan fingerprint density at radius 2 is 1.78 bits per heavy atom. The highest BCUT2D eigenvalue weighted by molar-refractivity contribution is 6.31. The summed E-state index contributed by atoms with van der Waals surface area (Å²) in [7, 11) is 0. The van der Waals surface area contributed by atoms with Crippen LogP contribution in [0.5, 0.6) is 0 Å². The number of aryl methyl sites for hydroxylation is 1. The Labute approximate surface area is 219 Å². The minimum absolute atomic E-state index is 0.0232. The molecule has 0 saturated heterocycles. The van der Waals surface area contributed by atoms with Crippen LogP contribution in [-0.2, 0) is 6.54 Å². The summed E-state index contributed by atoms with van der Waals surface area (Å²) in [4.78, 5) is 16.4. The number of H-pyrrole nitrogens is 1. The number of fused-ring (bicyclic) bond motifs is 1. The van der Waals surface area contributed by atoms with Crippen molar-refractivity contribution < 1.29 is 0 Å². The van der Waals surface area contributed by atoms with E-state index in [1.54, 1.807) is 6.07 Å². The maximum absolute atomic E-state index is 13.4. The third-order valence-electron chi connectivity index (χ3n) is 6.81. The highest BCUT2D eigenvalue weighted by Gasteiger charge is 2.27. The third kappa shape index (κ3) is 4.45. The van der Waals surface area contributed by atoms with E-state index in [-0.39, 0.29) is 11.6 Å². The van der Waals surface area contributed by atoms with Crippen molar-refractivity contribution in [2.45, 2.75) is 32.4 Å². The Bertz CT molecular complexity index is 1670. The molecular weight excluding hydrogens is 482 g/mol. The van der Waals surface area contributed by atoms with Crippen LogP contribution < -0.4 is 11.0 Å². The summed E-state index contributed by atoms with van der Waals surface area (Å²) in [5.41, 5.74) is 10.3. The van der Waals surface area contributed by atoms with E-state index in [4.69, 9.17) is 11.6 Å². The lowest BCUT2D eigenvalue weighted by Crippen LogP contribution is -2.20. The maximum Gasteiger partial charge on any atom is 0.258 e. The molecule has 37 heavy (non-hydrogen) atoms. The fraction of sp³-hybridized carbons (Fsp3) is 0.167. The molecule has 0 aliphatic carbocycles. The van der Waals surface area contributed by atoms with Crippen LogP contribution in [0.3, 0.4) is 0 Å². The van der Waals surface area contributed by atoms with Gasteiger partial charge in [0.05, 0.1) is 23.5 Å². The largest absolute Gasteiger partial charge is 0.321 e. The number of nitrogens with one attached hydrogen (secondary N) is 2. The normalized spacial score (nSPS) is 15.1. The molecule has 6 rings (SSSR count). The van der Waals surface area contributed by atoms with Gasteiger partial charge in [0.2, 0.25) is 0 Å². The molecule has 0 fully saturated rings. The van der Waals surface area contributed by atoms with Gasteiger partial charge in [-0.25, -0.2) is 0 Å². The van der Waals surface area contributed by atoms with Crippen LogP contribution in [-0.4, -0.2) is 20.5 Å². The van der Waals surface area contributed by atoms with E-state index in [9.17, 15) is 4.79 Å². The minimum atomic E-state index is -0.158. The average molecular weight is 508 g/mol. The zero-order valence-corrected chi connectivity index (χ0v) is 21.2. The van der Waals surface area contributed by atoms with Gasteiger partial charge in [-0.3, -0.25) is 9.48 Å². The molecule has 0 amide bonds. The molecule has 184 valence electrons. The van der Waals surface area contributed by atoms with E-state index in [0.29, 0.717) is 17.0 Å². The molecule has 6 nitrogen and oxygen atoms in total. The van der Waals surface area contributed by atoms with Crippen molar-refractivity contribution in [3.05, 3.63) is 112 Å². The first-order valence-electron chi connectivity index (χ1n) is 12.5. The first-order chi connectivity index (χ1) is 18.1. The molecule has 0 bridgehead atoms. The number of pyridine rings is 1. The van der Waals surface area contributed by atoms with Crippen LogP contribution in [0.4, 0.5) is 0 Å². The van der Waals surface area contributed by atoms with Crippen molar-refractivity contribution in [1.29, 1.82) is 0 Å². The van der Waals surface area contributed by atoms with Crippen molar-refractivity contribution in [3.8, 4) is 22.3 Å². The van der Waals surface area contributed by atoms with Crippen LogP contribution in [0.25, 0.3) is 33.2 Å². The number of hydrazone groups is 1. The lowest BCUT2D eigenvalue weighted by molar-refractivity contribution is 0.603. The number of hydrogen-bond donors (Lipinski definition) is 2. The lowest BCUT2D eigenvalue weighted by Gasteiger charge is -2.14. The van der Waals surface area contributed by atoms with Crippen LogP contribution in [0.2, 0.25) is 5.02 Å². The Morgan fingerprint density at radius 3 is 2.57 bits per heavy atom. The molecule has 7 heteroatoms. The van der Waals surface area contributed by atoms with E-state index in [1.807, 2.05) is 53.3 Å². The molecule has 2 N–H and O–H groups in total. The fourth-order valence-electron chi connectivity index (χ4n) is 5.01. The molecule has 1 unspecified atom stereocenters. The molecule has 3 heterocycles. The van der Waals surface area contributed by atoms with E-state index < -0.39 is 0 Å². The summed E-state index contributed by atoms with van der Waals surface area (Å²) < 4.78 is 1.97. The first-order valence-corrected chi connectivity index (χ1v) is 12.8. The van der Waals surface area contributed by atoms with Crippen molar-refractivity contribution in [3.63, 3.8) is 0 Å². The van der Waals surface area contributed by atoms with Gasteiger partial charge < -0.3 is 10.4 Å². The number of hydrogen-bond acceptors (Lipinski definition) is 4. The molecule has 0 spiro atoms. The highest BCUT2D eigenvalue weighted by atomic mass is 35.5. The zero-order chi connectivity index (χ0) is 25.4. The van der Waals surface area contributed by atoms with Gasteiger partial charge in [-0.1, -0.05) is 73.1 Å². The Balaban J connectivity index is 1.33. The van der Waals surface area contributed by atoms with E-state index in [1.165, 1.54) is 0 Å². The van der Waals surface area contributed by atoms with Crippen molar-refractivity contribution in [2.75, 3.05) is 0 Å². The van der Waals surface area contributed by atoms with Gasteiger partial charge in [-0.2, -0.15) is 10.2 Å². The van der Waals surface area contributed by atoms with E-state index in [0.717, 1.165) is 57.4 Å². The van der Waals surface area contributed by atoms with Gasteiger partial charge in [0.25, 0.3) is 5.56 Å². The quantitative estimate of drug-likeness (QED) is 0.273. The van der Waals surface area contributed by atoms with Crippen LogP contribution in [0.1, 0.15) is 36.9 Å². The van der Waals surface area contributed by atoms with Gasteiger partial charge in [0.1, 0.15) is 0 Å². The summed E-state index contributed by atoms with van der Waals surface area (Å²) in [6.07, 6.45) is 5.64. The SMILES string of the molecule is CCCn1cc(-c2ccc(C3CC(c4c(-c5ccccc5)c5cc(Cl)ccc5[nH]c4=O)=NN3)cc2)cn1. The van der Waals surface area contributed by atoms with Crippen molar-refractivity contribution in [2.24, 2.45) is 5.10 Å².